The zero-order chi connectivity index (χ0) is 11.9. The second kappa shape index (κ2) is 6.87. The Labute approximate surface area is 109 Å². The maximum absolute atomic E-state index is 6.07. The minimum atomic E-state index is 0.395. The number of rotatable bonds is 5. The molecule has 1 aromatic rings. The van der Waals surface area contributed by atoms with Crippen molar-refractivity contribution in [3.8, 4) is 5.75 Å². The van der Waals surface area contributed by atoms with E-state index in [2.05, 4.69) is 4.90 Å². The molecule has 0 spiro atoms. The molecule has 0 aliphatic carbocycles. The fourth-order valence-corrected chi connectivity index (χ4v) is 2.32. The molecule has 2 rings (SSSR count). The molecular weight excluding hydrogens is 234 g/mol. The number of benzene rings is 1. The highest BCUT2D eigenvalue weighted by Crippen LogP contribution is 2.15. The van der Waals surface area contributed by atoms with Crippen molar-refractivity contribution in [3.63, 3.8) is 0 Å². The average Bonchev–Trinajstić information content (AvgIpc) is 2.38. The summed E-state index contributed by atoms with van der Waals surface area (Å²) in [5.74, 6) is 0.965. The van der Waals surface area contributed by atoms with Crippen molar-refractivity contribution >= 4 is 11.6 Å². The molecular formula is C14H20ClNO. The van der Waals surface area contributed by atoms with Crippen LogP contribution in [0.1, 0.15) is 19.3 Å². The molecule has 0 atom stereocenters. The highest BCUT2D eigenvalue weighted by Gasteiger charge is 2.16. The first-order chi connectivity index (χ1) is 8.34. The second-order valence-corrected chi connectivity index (χ2v) is 5.15. The minimum absolute atomic E-state index is 0.395. The lowest BCUT2D eigenvalue weighted by Crippen LogP contribution is -2.35. The molecule has 1 aliphatic rings. The maximum atomic E-state index is 6.07. The highest BCUT2D eigenvalue weighted by molar-refractivity contribution is 6.20. The lowest BCUT2D eigenvalue weighted by molar-refractivity contribution is 0.207. The number of piperidine rings is 1. The summed E-state index contributed by atoms with van der Waals surface area (Å²) >= 11 is 6.07. The SMILES string of the molecule is ClC1CCN(CCCOc2ccccc2)CC1. The van der Waals surface area contributed by atoms with E-state index in [9.17, 15) is 0 Å². The molecule has 2 nitrogen and oxygen atoms in total. The Morgan fingerprint density at radius 1 is 1.18 bits per heavy atom. The molecule has 0 saturated carbocycles. The van der Waals surface area contributed by atoms with Crippen molar-refractivity contribution in [3.05, 3.63) is 30.3 Å². The molecule has 1 aromatic carbocycles. The van der Waals surface area contributed by atoms with Gasteiger partial charge in [-0.25, -0.2) is 0 Å². The van der Waals surface area contributed by atoms with Gasteiger partial charge in [0.15, 0.2) is 0 Å². The number of likely N-dealkylation sites (tertiary alicyclic amines) is 1. The zero-order valence-electron chi connectivity index (χ0n) is 10.1. The number of halogens is 1. The van der Waals surface area contributed by atoms with Crippen LogP contribution in [0.2, 0.25) is 0 Å². The van der Waals surface area contributed by atoms with Gasteiger partial charge in [0.1, 0.15) is 5.75 Å². The smallest absolute Gasteiger partial charge is 0.119 e. The van der Waals surface area contributed by atoms with E-state index in [1.807, 2.05) is 30.3 Å². The number of hydrogen-bond donors (Lipinski definition) is 0. The van der Waals surface area contributed by atoms with Gasteiger partial charge in [0.25, 0.3) is 0 Å². The third kappa shape index (κ3) is 4.57. The molecule has 1 heterocycles. The highest BCUT2D eigenvalue weighted by atomic mass is 35.5. The molecule has 17 heavy (non-hydrogen) atoms. The molecule has 1 fully saturated rings. The van der Waals surface area contributed by atoms with Crippen LogP contribution in [0.5, 0.6) is 5.75 Å². The first-order valence-corrected chi connectivity index (χ1v) is 6.82. The summed E-state index contributed by atoms with van der Waals surface area (Å²) in [7, 11) is 0. The van der Waals surface area contributed by atoms with Crippen molar-refractivity contribution in [2.24, 2.45) is 0 Å². The van der Waals surface area contributed by atoms with Crippen molar-refractivity contribution < 1.29 is 4.74 Å². The van der Waals surface area contributed by atoms with E-state index < -0.39 is 0 Å². The molecule has 0 radical (unpaired) electrons. The van der Waals surface area contributed by atoms with Gasteiger partial charge >= 0.3 is 0 Å². The van der Waals surface area contributed by atoms with E-state index in [4.69, 9.17) is 16.3 Å². The summed E-state index contributed by atoms with van der Waals surface area (Å²) in [6.45, 7) is 4.19. The quantitative estimate of drug-likeness (QED) is 0.590. The van der Waals surface area contributed by atoms with Crippen molar-refractivity contribution in [2.45, 2.75) is 24.6 Å². The lowest BCUT2D eigenvalue weighted by atomic mass is 10.1. The molecule has 0 N–H and O–H groups in total. The summed E-state index contributed by atoms with van der Waals surface area (Å²) in [5, 5.41) is 0.395. The molecule has 0 aromatic heterocycles. The van der Waals surface area contributed by atoms with Gasteiger partial charge in [-0.05, 0) is 44.5 Å². The average molecular weight is 254 g/mol. The predicted octanol–water partition coefficient (Wildman–Crippen LogP) is 3.16. The molecule has 94 valence electrons. The topological polar surface area (TPSA) is 12.5 Å². The molecule has 0 bridgehead atoms. The molecule has 0 amide bonds. The molecule has 0 unspecified atom stereocenters. The Morgan fingerprint density at radius 3 is 2.59 bits per heavy atom. The lowest BCUT2D eigenvalue weighted by Gasteiger charge is -2.28. The van der Waals surface area contributed by atoms with Crippen LogP contribution in [0.15, 0.2) is 30.3 Å². The van der Waals surface area contributed by atoms with E-state index >= 15 is 0 Å². The fourth-order valence-electron chi connectivity index (χ4n) is 2.12. The third-order valence-electron chi connectivity index (χ3n) is 3.15. The van der Waals surface area contributed by atoms with E-state index in [-0.39, 0.29) is 0 Å². The number of hydrogen-bond acceptors (Lipinski definition) is 2. The maximum Gasteiger partial charge on any atom is 0.119 e. The van der Waals surface area contributed by atoms with Gasteiger partial charge in [0.05, 0.1) is 6.61 Å². The fraction of sp³-hybridized carbons (Fsp3) is 0.571. The number of para-hydroxylation sites is 1. The van der Waals surface area contributed by atoms with Crippen molar-refractivity contribution in [2.75, 3.05) is 26.2 Å². The van der Waals surface area contributed by atoms with Gasteiger partial charge in [0.2, 0.25) is 0 Å². The Hall–Kier alpha value is -0.730. The predicted molar refractivity (Wildman–Crippen MR) is 71.9 cm³/mol. The van der Waals surface area contributed by atoms with E-state index in [1.165, 1.54) is 0 Å². The van der Waals surface area contributed by atoms with E-state index in [0.717, 1.165) is 51.3 Å². The summed E-state index contributed by atoms with van der Waals surface area (Å²) in [6.07, 6.45) is 3.34. The zero-order valence-corrected chi connectivity index (χ0v) is 10.9. The summed E-state index contributed by atoms with van der Waals surface area (Å²) in [5.41, 5.74) is 0. The van der Waals surface area contributed by atoms with Crippen molar-refractivity contribution in [1.29, 1.82) is 0 Å². The standard InChI is InChI=1S/C14H20ClNO/c15-13-7-10-16(11-8-13)9-4-12-17-14-5-2-1-3-6-14/h1-3,5-6,13H,4,7-12H2. The van der Waals surface area contributed by atoms with Crippen molar-refractivity contribution in [1.82, 2.24) is 4.90 Å². The van der Waals surface area contributed by atoms with Crippen LogP contribution in [0.25, 0.3) is 0 Å². The first-order valence-electron chi connectivity index (χ1n) is 6.39. The Bertz CT molecular complexity index is 309. The van der Waals surface area contributed by atoms with Gasteiger partial charge in [-0.15, -0.1) is 11.6 Å². The van der Waals surface area contributed by atoms with Crippen LogP contribution in [0.3, 0.4) is 0 Å². The monoisotopic (exact) mass is 253 g/mol. The largest absolute Gasteiger partial charge is 0.494 e. The molecule has 1 aliphatic heterocycles. The van der Waals surface area contributed by atoms with Crippen LogP contribution >= 0.6 is 11.6 Å². The van der Waals surface area contributed by atoms with Gasteiger partial charge in [-0.3, -0.25) is 0 Å². The van der Waals surface area contributed by atoms with Crippen LogP contribution in [-0.4, -0.2) is 36.5 Å². The number of nitrogens with zero attached hydrogens (tertiary/aromatic N) is 1. The normalized spacial score (nSPS) is 18.2. The molecule has 1 saturated heterocycles. The van der Waals surface area contributed by atoms with E-state index in [1.54, 1.807) is 0 Å². The van der Waals surface area contributed by atoms with Gasteiger partial charge in [-0.1, -0.05) is 18.2 Å². The van der Waals surface area contributed by atoms with Crippen LogP contribution < -0.4 is 4.74 Å². The van der Waals surface area contributed by atoms with Gasteiger partial charge in [-0.2, -0.15) is 0 Å². The summed E-state index contributed by atoms with van der Waals surface area (Å²) < 4.78 is 5.67. The van der Waals surface area contributed by atoms with Gasteiger partial charge in [0, 0.05) is 11.9 Å². The Morgan fingerprint density at radius 2 is 1.88 bits per heavy atom. The number of ether oxygens (including phenoxy) is 1. The minimum Gasteiger partial charge on any atom is -0.494 e. The third-order valence-corrected chi connectivity index (χ3v) is 3.58. The Balaban J connectivity index is 1.57. The van der Waals surface area contributed by atoms with E-state index in [0.29, 0.717) is 5.38 Å². The number of alkyl halides is 1. The molecule has 3 heteroatoms. The summed E-state index contributed by atoms with van der Waals surface area (Å²) in [4.78, 5) is 2.48. The second-order valence-electron chi connectivity index (χ2n) is 4.53. The summed E-state index contributed by atoms with van der Waals surface area (Å²) in [6, 6.07) is 10.0. The Kier molecular flexibility index (Phi) is 5.14. The van der Waals surface area contributed by atoms with Crippen LogP contribution in [0.4, 0.5) is 0 Å². The first kappa shape index (κ1) is 12.7. The van der Waals surface area contributed by atoms with Crippen LogP contribution in [0, 0.1) is 0 Å². The van der Waals surface area contributed by atoms with Crippen LogP contribution in [-0.2, 0) is 0 Å². The van der Waals surface area contributed by atoms with Gasteiger partial charge < -0.3 is 9.64 Å².